The van der Waals surface area contributed by atoms with Crippen LogP contribution >= 0.6 is 0 Å². The number of benzene rings is 2. The summed E-state index contributed by atoms with van der Waals surface area (Å²) in [6, 6.07) is 19.9. The average Bonchev–Trinajstić information content (AvgIpc) is 2.82. The summed E-state index contributed by atoms with van der Waals surface area (Å²) in [6.45, 7) is 3.54. The van der Waals surface area contributed by atoms with Crippen LogP contribution in [0.25, 0.3) is 17.0 Å². The van der Waals surface area contributed by atoms with Crippen LogP contribution in [0.2, 0.25) is 0 Å². The van der Waals surface area contributed by atoms with Gasteiger partial charge in [0.05, 0.1) is 5.52 Å². The van der Waals surface area contributed by atoms with Crippen molar-refractivity contribution in [2.24, 2.45) is 0 Å². The van der Waals surface area contributed by atoms with Gasteiger partial charge in [-0.25, -0.2) is 4.79 Å². The molecule has 3 aromatic rings. The van der Waals surface area contributed by atoms with Crippen LogP contribution in [0.3, 0.4) is 0 Å². The Bertz CT molecular complexity index is 1070. The second kappa shape index (κ2) is 10.00. The van der Waals surface area contributed by atoms with Gasteiger partial charge in [0.15, 0.2) is 6.61 Å². The van der Waals surface area contributed by atoms with Gasteiger partial charge in [-0.15, -0.1) is 0 Å². The van der Waals surface area contributed by atoms with Crippen LogP contribution in [0.4, 0.5) is 0 Å². The Morgan fingerprint density at radius 1 is 0.935 bits per heavy atom. The Morgan fingerprint density at radius 3 is 2.52 bits per heavy atom. The molecule has 0 spiro atoms. The third kappa shape index (κ3) is 5.55. The number of ether oxygens (including phenoxy) is 1. The summed E-state index contributed by atoms with van der Waals surface area (Å²) in [5.74, 6) is -0.697. The van der Waals surface area contributed by atoms with E-state index in [-0.39, 0.29) is 12.5 Å². The monoisotopic (exact) mass is 415 g/mol. The lowest BCUT2D eigenvalue weighted by atomic mass is 10.1. The lowest BCUT2D eigenvalue weighted by molar-refractivity contribution is -0.149. The molecule has 2 aromatic carbocycles. The smallest absolute Gasteiger partial charge is 0.331 e. The minimum atomic E-state index is -0.538. The molecule has 31 heavy (non-hydrogen) atoms. The highest BCUT2D eigenvalue weighted by molar-refractivity contribution is 5.93. The number of hydrogen-bond acceptors (Lipinski definition) is 5. The molecular formula is C25H25N3O3. The molecule has 0 atom stereocenters. The second-order valence-electron chi connectivity index (χ2n) is 7.51. The van der Waals surface area contributed by atoms with Crippen LogP contribution < -0.4 is 0 Å². The summed E-state index contributed by atoms with van der Waals surface area (Å²) >= 11 is 0. The molecule has 1 aromatic heterocycles. The minimum Gasteiger partial charge on any atom is -0.452 e. The van der Waals surface area contributed by atoms with Crippen LogP contribution in [0.5, 0.6) is 0 Å². The van der Waals surface area contributed by atoms with Gasteiger partial charge in [0.25, 0.3) is 5.91 Å². The standard InChI is InChI=1S/C25H25N3O3/c29-23(28-16-14-27(15-17-28)18-20-6-2-1-3-7-20)19-31-24(30)12-11-22-9-4-8-21-10-5-13-26-25(21)22/h1-13H,14-19H2. The van der Waals surface area contributed by atoms with Gasteiger partial charge in [-0.05, 0) is 17.7 Å². The number of nitrogens with zero attached hydrogens (tertiary/aromatic N) is 3. The van der Waals surface area contributed by atoms with Gasteiger partial charge in [0, 0.05) is 55.9 Å². The molecule has 0 radical (unpaired) electrons. The lowest BCUT2D eigenvalue weighted by Gasteiger charge is -2.34. The first-order chi connectivity index (χ1) is 15.2. The van der Waals surface area contributed by atoms with Gasteiger partial charge in [-0.2, -0.15) is 0 Å². The fourth-order valence-corrected chi connectivity index (χ4v) is 3.69. The van der Waals surface area contributed by atoms with Crippen LogP contribution in [0, 0.1) is 0 Å². The van der Waals surface area contributed by atoms with E-state index in [2.05, 4.69) is 22.0 Å². The summed E-state index contributed by atoms with van der Waals surface area (Å²) in [6.07, 6.45) is 4.73. The summed E-state index contributed by atoms with van der Waals surface area (Å²) in [5, 5.41) is 1.000. The molecule has 1 amide bonds. The zero-order chi connectivity index (χ0) is 21.5. The Hall–Kier alpha value is -3.51. The van der Waals surface area contributed by atoms with Crippen molar-refractivity contribution in [2.45, 2.75) is 6.54 Å². The number of hydrogen-bond donors (Lipinski definition) is 0. The van der Waals surface area contributed by atoms with Crippen molar-refractivity contribution in [3.8, 4) is 0 Å². The van der Waals surface area contributed by atoms with Crippen molar-refractivity contribution < 1.29 is 14.3 Å². The Kier molecular flexibility index (Phi) is 6.69. The predicted molar refractivity (Wildman–Crippen MR) is 120 cm³/mol. The molecule has 0 saturated carbocycles. The number of fused-ring (bicyclic) bond motifs is 1. The van der Waals surface area contributed by atoms with E-state index in [1.54, 1.807) is 17.2 Å². The lowest BCUT2D eigenvalue weighted by Crippen LogP contribution is -2.49. The van der Waals surface area contributed by atoms with Gasteiger partial charge in [0.1, 0.15) is 0 Å². The number of rotatable bonds is 6. The van der Waals surface area contributed by atoms with E-state index in [0.717, 1.165) is 36.1 Å². The normalized spacial score (nSPS) is 14.8. The van der Waals surface area contributed by atoms with E-state index in [4.69, 9.17) is 4.74 Å². The maximum atomic E-state index is 12.4. The van der Waals surface area contributed by atoms with Crippen molar-refractivity contribution in [2.75, 3.05) is 32.8 Å². The number of aromatic nitrogens is 1. The Morgan fingerprint density at radius 2 is 1.71 bits per heavy atom. The Labute approximate surface area is 181 Å². The third-order valence-electron chi connectivity index (χ3n) is 5.37. The molecule has 0 N–H and O–H groups in total. The number of esters is 1. The first-order valence-electron chi connectivity index (χ1n) is 10.4. The molecule has 2 heterocycles. The summed E-state index contributed by atoms with van der Waals surface area (Å²) in [7, 11) is 0. The average molecular weight is 415 g/mol. The molecule has 0 aliphatic carbocycles. The quantitative estimate of drug-likeness (QED) is 0.457. The summed E-state index contributed by atoms with van der Waals surface area (Å²) < 4.78 is 5.16. The van der Waals surface area contributed by atoms with E-state index in [9.17, 15) is 9.59 Å². The number of para-hydroxylation sites is 1. The SMILES string of the molecule is O=C(C=Cc1cccc2cccnc12)OCC(=O)N1CCN(Cc2ccccc2)CC1. The molecule has 1 aliphatic rings. The number of amides is 1. The highest BCUT2D eigenvalue weighted by Crippen LogP contribution is 2.17. The topological polar surface area (TPSA) is 62.7 Å². The molecule has 6 heteroatoms. The minimum absolute atomic E-state index is 0.159. The van der Waals surface area contributed by atoms with Gasteiger partial charge in [-0.1, -0.05) is 54.6 Å². The van der Waals surface area contributed by atoms with E-state index >= 15 is 0 Å². The van der Waals surface area contributed by atoms with E-state index in [1.807, 2.05) is 48.5 Å². The first-order valence-corrected chi connectivity index (χ1v) is 10.4. The van der Waals surface area contributed by atoms with Gasteiger partial charge >= 0.3 is 5.97 Å². The van der Waals surface area contributed by atoms with Crippen molar-refractivity contribution in [1.29, 1.82) is 0 Å². The van der Waals surface area contributed by atoms with Gasteiger partial charge in [0.2, 0.25) is 0 Å². The third-order valence-corrected chi connectivity index (χ3v) is 5.37. The van der Waals surface area contributed by atoms with Crippen LogP contribution in [0.1, 0.15) is 11.1 Å². The fourth-order valence-electron chi connectivity index (χ4n) is 3.69. The highest BCUT2D eigenvalue weighted by Gasteiger charge is 2.21. The molecule has 6 nitrogen and oxygen atoms in total. The highest BCUT2D eigenvalue weighted by atomic mass is 16.5. The zero-order valence-electron chi connectivity index (χ0n) is 17.3. The molecule has 1 fully saturated rings. The summed E-state index contributed by atoms with van der Waals surface area (Å²) in [4.78, 5) is 32.9. The predicted octanol–water partition coefficient (Wildman–Crippen LogP) is 3.14. The molecule has 1 aliphatic heterocycles. The van der Waals surface area contributed by atoms with Crippen molar-refractivity contribution in [3.05, 3.63) is 84.1 Å². The maximum absolute atomic E-state index is 12.4. The molecule has 158 valence electrons. The molecule has 0 unspecified atom stereocenters. The largest absolute Gasteiger partial charge is 0.452 e. The molecule has 4 rings (SSSR count). The van der Waals surface area contributed by atoms with E-state index < -0.39 is 5.97 Å². The number of pyridine rings is 1. The second-order valence-corrected chi connectivity index (χ2v) is 7.51. The Balaban J connectivity index is 1.23. The summed E-state index contributed by atoms with van der Waals surface area (Å²) in [5.41, 5.74) is 2.92. The first kappa shape index (κ1) is 20.8. The van der Waals surface area contributed by atoms with Gasteiger partial charge in [-0.3, -0.25) is 14.7 Å². The van der Waals surface area contributed by atoms with Crippen LogP contribution in [-0.4, -0.2) is 59.4 Å². The zero-order valence-corrected chi connectivity index (χ0v) is 17.3. The number of carbonyl (C=O) groups is 2. The van der Waals surface area contributed by atoms with Crippen molar-refractivity contribution in [1.82, 2.24) is 14.8 Å². The van der Waals surface area contributed by atoms with E-state index in [1.165, 1.54) is 11.6 Å². The number of piperazine rings is 1. The number of carbonyl (C=O) groups excluding carboxylic acids is 2. The van der Waals surface area contributed by atoms with Gasteiger partial charge < -0.3 is 9.64 Å². The molecule has 0 bridgehead atoms. The van der Waals surface area contributed by atoms with E-state index in [0.29, 0.717) is 13.1 Å². The van der Waals surface area contributed by atoms with Crippen LogP contribution in [0.15, 0.2) is 72.9 Å². The van der Waals surface area contributed by atoms with Crippen molar-refractivity contribution in [3.63, 3.8) is 0 Å². The molecule has 1 saturated heterocycles. The van der Waals surface area contributed by atoms with Crippen LogP contribution in [-0.2, 0) is 20.9 Å². The molecular weight excluding hydrogens is 390 g/mol. The maximum Gasteiger partial charge on any atom is 0.331 e. The fraction of sp³-hybridized carbons (Fsp3) is 0.240. The van der Waals surface area contributed by atoms with Crippen molar-refractivity contribution >= 4 is 28.9 Å².